The third-order valence-electron chi connectivity index (χ3n) is 5.25. The Balaban J connectivity index is 1.67. The molecule has 3 aromatic rings. The van der Waals surface area contributed by atoms with Gasteiger partial charge in [0.1, 0.15) is 11.6 Å². The number of carbonyl (C=O) groups excluding carboxylic acids is 2. The van der Waals surface area contributed by atoms with Gasteiger partial charge in [-0.25, -0.2) is 0 Å². The van der Waals surface area contributed by atoms with Crippen LogP contribution in [-0.4, -0.2) is 25.0 Å². The van der Waals surface area contributed by atoms with Gasteiger partial charge in [-0.2, -0.15) is 5.26 Å². The molecule has 36 heavy (non-hydrogen) atoms. The lowest BCUT2D eigenvalue weighted by Gasteiger charge is -2.14. The fraction of sp³-hybridized carbons (Fsp3) is 0.207. The molecule has 7 nitrogen and oxygen atoms in total. The monoisotopic (exact) mass is 483 g/mol. The molecule has 0 aliphatic carbocycles. The Morgan fingerprint density at radius 3 is 2.44 bits per heavy atom. The number of ether oxygens (including phenoxy) is 2. The zero-order chi connectivity index (χ0) is 25.9. The van der Waals surface area contributed by atoms with Crippen molar-refractivity contribution in [3.8, 4) is 17.6 Å². The Bertz CT molecular complexity index is 1290. The smallest absolute Gasteiger partial charge is 0.262 e. The number of benzene rings is 3. The summed E-state index contributed by atoms with van der Waals surface area (Å²) in [5, 5.41) is 15.1. The van der Waals surface area contributed by atoms with Crippen LogP contribution in [0.2, 0.25) is 0 Å². The first-order valence-electron chi connectivity index (χ1n) is 11.6. The Morgan fingerprint density at radius 2 is 1.75 bits per heavy atom. The van der Waals surface area contributed by atoms with Crippen molar-refractivity contribution in [3.05, 3.63) is 94.6 Å². The third-order valence-corrected chi connectivity index (χ3v) is 5.25. The van der Waals surface area contributed by atoms with Crippen LogP contribution in [-0.2, 0) is 16.1 Å². The van der Waals surface area contributed by atoms with Crippen LogP contribution in [0.5, 0.6) is 11.5 Å². The highest BCUT2D eigenvalue weighted by Crippen LogP contribution is 2.29. The number of carbonyl (C=O) groups is 2. The topological polar surface area (TPSA) is 100 Å². The van der Waals surface area contributed by atoms with Gasteiger partial charge in [0.15, 0.2) is 18.1 Å². The Kier molecular flexibility index (Phi) is 9.24. The predicted molar refractivity (Wildman–Crippen MR) is 140 cm³/mol. The van der Waals surface area contributed by atoms with Gasteiger partial charge in [-0.1, -0.05) is 54.1 Å². The molecule has 0 heterocycles. The summed E-state index contributed by atoms with van der Waals surface area (Å²) in [4.78, 5) is 24.9. The zero-order valence-corrected chi connectivity index (χ0v) is 20.6. The van der Waals surface area contributed by atoms with E-state index in [2.05, 4.69) is 10.6 Å². The fourth-order valence-corrected chi connectivity index (χ4v) is 3.47. The van der Waals surface area contributed by atoms with Crippen molar-refractivity contribution in [1.29, 1.82) is 5.26 Å². The van der Waals surface area contributed by atoms with Crippen LogP contribution in [0.25, 0.3) is 6.08 Å². The predicted octanol–water partition coefficient (Wildman–Crippen LogP) is 4.94. The molecule has 0 aromatic heterocycles. The molecular formula is C29H29N3O4. The highest BCUT2D eigenvalue weighted by Gasteiger charge is 2.13. The van der Waals surface area contributed by atoms with Crippen LogP contribution >= 0.6 is 0 Å². The normalized spacial score (nSPS) is 10.8. The molecule has 0 saturated carbocycles. The van der Waals surface area contributed by atoms with E-state index in [9.17, 15) is 14.9 Å². The molecule has 0 saturated heterocycles. The van der Waals surface area contributed by atoms with Gasteiger partial charge in [0.2, 0.25) is 0 Å². The minimum Gasteiger partial charge on any atom is -0.490 e. The van der Waals surface area contributed by atoms with Crippen LogP contribution in [0.4, 0.5) is 5.69 Å². The van der Waals surface area contributed by atoms with Gasteiger partial charge in [-0.3, -0.25) is 9.59 Å². The van der Waals surface area contributed by atoms with Crippen molar-refractivity contribution >= 4 is 23.6 Å². The molecule has 0 radical (unpaired) electrons. The van der Waals surface area contributed by atoms with Crippen molar-refractivity contribution < 1.29 is 19.1 Å². The lowest BCUT2D eigenvalue weighted by Crippen LogP contribution is -2.23. The van der Waals surface area contributed by atoms with Crippen molar-refractivity contribution in [2.24, 2.45) is 0 Å². The number of amides is 2. The third kappa shape index (κ3) is 7.47. The summed E-state index contributed by atoms with van der Waals surface area (Å²) in [6.45, 7) is 6.25. The standard InChI is InChI=1S/C29H29N3O4/c1-4-35-27-16-23(15-24(17-30)29(34)31-18-22-8-6-5-7-9-22)11-13-26(27)36-19-28(33)32-25-12-10-20(2)14-21(25)3/h5-16H,4,18-19H2,1-3H3,(H,31,34)(H,32,33)/b24-15+. The number of nitrogens with zero attached hydrogens (tertiary/aromatic N) is 1. The summed E-state index contributed by atoms with van der Waals surface area (Å²) in [6, 6.07) is 22.2. The highest BCUT2D eigenvalue weighted by atomic mass is 16.5. The van der Waals surface area contributed by atoms with Crippen LogP contribution < -0.4 is 20.1 Å². The fourth-order valence-electron chi connectivity index (χ4n) is 3.47. The van der Waals surface area contributed by atoms with Crippen molar-refractivity contribution in [1.82, 2.24) is 5.32 Å². The first-order chi connectivity index (χ1) is 17.4. The van der Waals surface area contributed by atoms with Crippen molar-refractivity contribution in [2.45, 2.75) is 27.3 Å². The van der Waals surface area contributed by atoms with E-state index in [0.29, 0.717) is 30.2 Å². The Labute approximate surface area is 211 Å². The largest absolute Gasteiger partial charge is 0.490 e. The molecule has 2 amide bonds. The molecule has 3 rings (SSSR count). The van der Waals surface area contributed by atoms with E-state index in [-0.39, 0.29) is 18.1 Å². The average Bonchev–Trinajstić information content (AvgIpc) is 2.87. The Morgan fingerprint density at radius 1 is 0.972 bits per heavy atom. The maximum absolute atomic E-state index is 12.5. The van der Waals surface area contributed by atoms with Gasteiger partial charge in [0.25, 0.3) is 11.8 Å². The van der Waals surface area contributed by atoms with Crippen molar-refractivity contribution in [3.63, 3.8) is 0 Å². The second-order valence-corrected chi connectivity index (χ2v) is 8.13. The summed E-state index contributed by atoms with van der Waals surface area (Å²) < 4.78 is 11.4. The van der Waals surface area contributed by atoms with Gasteiger partial charge >= 0.3 is 0 Å². The summed E-state index contributed by atoms with van der Waals surface area (Å²) in [5.74, 6) is 0.0299. The first kappa shape index (κ1) is 26.0. The van der Waals surface area contributed by atoms with Gasteiger partial charge in [-0.15, -0.1) is 0 Å². The van der Waals surface area contributed by atoms with E-state index in [1.807, 2.05) is 75.4 Å². The van der Waals surface area contributed by atoms with E-state index in [4.69, 9.17) is 9.47 Å². The maximum atomic E-state index is 12.5. The molecular weight excluding hydrogens is 454 g/mol. The highest BCUT2D eigenvalue weighted by molar-refractivity contribution is 6.01. The Hall–Kier alpha value is -4.57. The first-order valence-corrected chi connectivity index (χ1v) is 11.6. The summed E-state index contributed by atoms with van der Waals surface area (Å²) in [7, 11) is 0. The van der Waals surface area contributed by atoms with Gasteiger partial charge in [-0.05, 0) is 61.7 Å². The van der Waals surface area contributed by atoms with Crippen molar-refractivity contribution in [2.75, 3.05) is 18.5 Å². The number of hydrogen-bond acceptors (Lipinski definition) is 5. The van der Waals surface area contributed by atoms with E-state index >= 15 is 0 Å². The van der Waals surface area contributed by atoms with Crippen LogP contribution in [0.15, 0.2) is 72.3 Å². The molecule has 0 bridgehead atoms. The molecule has 3 aromatic carbocycles. The van der Waals surface area contributed by atoms with Gasteiger partial charge < -0.3 is 20.1 Å². The average molecular weight is 484 g/mol. The molecule has 2 N–H and O–H groups in total. The number of hydrogen-bond donors (Lipinski definition) is 2. The number of rotatable bonds is 10. The van der Waals surface area contributed by atoms with Gasteiger partial charge in [0, 0.05) is 12.2 Å². The second-order valence-electron chi connectivity index (χ2n) is 8.13. The maximum Gasteiger partial charge on any atom is 0.262 e. The molecule has 0 atom stereocenters. The number of anilines is 1. The van der Waals surface area contributed by atoms with E-state index in [1.54, 1.807) is 18.2 Å². The molecule has 0 fully saturated rings. The minimum atomic E-state index is -0.470. The molecule has 0 aliphatic heterocycles. The SMILES string of the molecule is CCOc1cc(/C=C(\C#N)C(=O)NCc2ccccc2)ccc1OCC(=O)Nc1ccc(C)cc1C. The number of nitriles is 1. The number of nitrogens with one attached hydrogen (secondary N) is 2. The minimum absolute atomic E-state index is 0.0325. The molecule has 0 unspecified atom stereocenters. The number of aryl methyl sites for hydroxylation is 2. The molecule has 0 aliphatic rings. The van der Waals surface area contributed by atoms with Crippen LogP contribution in [0.3, 0.4) is 0 Å². The molecule has 7 heteroatoms. The van der Waals surface area contributed by atoms with Crippen LogP contribution in [0, 0.1) is 25.2 Å². The van der Waals surface area contributed by atoms with E-state index in [1.165, 1.54) is 6.08 Å². The lowest BCUT2D eigenvalue weighted by atomic mass is 10.1. The second kappa shape index (κ2) is 12.8. The lowest BCUT2D eigenvalue weighted by molar-refractivity contribution is -0.118. The summed E-state index contributed by atoms with van der Waals surface area (Å²) in [6.07, 6.45) is 1.49. The summed E-state index contributed by atoms with van der Waals surface area (Å²) in [5.41, 5.74) is 4.31. The zero-order valence-electron chi connectivity index (χ0n) is 20.6. The summed E-state index contributed by atoms with van der Waals surface area (Å²) >= 11 is 0. The van der Waals surface area contributed by atoms with Gasteiger partial charge in [0.05, 0.1) is 6.61 Å². The van der Waals surface area contributed by atoms with Crippen LogP contribution in [0.1, 0.15) is 29.2 Å². The molecule has 184 valence electrons. The van der Waals surface area contributed by atoms with E-state index in [0.717, 1.165) is 22.4 Å². The molecule has 0 spiro atoms. The van der Waals surface area contributed by atoms with E-state index < -0.39 is 5.91 Å². The quantitative estimate of drug-likeness (QED) is 0.314.